The van der Waals surface area contributed by atoms with E-state index in [4.69, 9.17) is 11.6 Å². The number of para-hydroxylation sites is 1. The summed E-state index contributed by atoms with van der Waals surface area (Å²) in [6, 6.07) is 14.4. The lowest BCUT2D eigenvalue weighted by atomic mass is 9.75. The summed E-state index contributed by atoms with van der Waals surface area (Å²) in [4.78, 5) is 46.8. The molecule has 4 aliphatic rings. The van der Waals surface area contributed by atoms with Gasteiger partial charge in [0.2, 0.25) is 11.8 Å². The zero-order valence-corrected chi connectivity index (χ0v) is 17.9. The van der Waals surface area contributed by atoms with E-state index in [2.05, 4.69) is 4.90 Å². The maximum Gasteiger partial charge on any atom is 0.253 e. The van der Waals surface area contributed by atoms with E-state index in [1.807, 2.05) is 31.2 Å². The summed E-state index contributed by atoms with van der Waals surface area (Å²) in [5.74, 6) is -1.85. The number of halogens is 1. The fraction of sp³-hybridized carbons (Fsp3) is 0.375. The molecule has 4 aliphatic heterocycles. The summed E-state index contributed by atoms with van der Waals surface area (Å²) < 4.78 is 0. The smallest absolute Gasteiger partial charge is 0.253 e. The number of hydrogen-bond donors (Lipinski definition) is 0. The van der Waals surface area contributed by atoms with Crippen molar-refractivity contribution in [3.63, 3.8) is 0 Å². The predicted molar refractivity (Wildman–Crippen MR) is 117 cm³/mol. The molecule has 31 heavy (non-hydrogen) atoms. The average Bonchev–Trinajstić information content (AvgIpc) is 3.45. The molecule has 6 rings (SSSR count). The van der Waals surface area contributed by atoms with Gasteiger partial charge in [0.05, 0.1) is 17.5 Å². The van der Waals surface area contributed by atoms with Crippen molar-refractivity contribution in [3.8, 4) is 0 Å². The second-order valence-electron chi connectivity index (χ2n) is 8.73. The maximum atomic E-state index is 14.0. The van der Waals surface area contributed by atoms with E-state index in [1.165, 1.54) is 4.90 Å². The maximum absolute atomic E-state index is 14.0. The highest BCUT2D eigenvalue weighted by Crippen LogP contribution is 2.61. The Kier molecular flexibility index (Phi) is 3.93. The van der Waals surface area contributed by atoms with Crippen molar-refractivity contribution in [3.05, 3.63) is 59.1 Å². The van der Waals surface area contributed by atoms with Gasteiger partial charge in [0.25, 0.3) is 5.91 Å². The van der Waals surface area contributed by atoms with E-state index in [0.29, 0.717) is 23.8 Å². The second kappa shape index (κ2) is 6.40. The minimum atomic E-state index is -1.11. The Bertz CT molecular complexity index is 1150. The molecular weight excluding hydrogens is 414 g/mol. The third-order valence-corrected chi connectivity index (χ3v) is 7.76. The minimum Gasteiger partial charge on any atom is -0.310 e. The van der Waals surface area contributed by atoms with Gasteiger partial charge in [0, 0.05) is 28.9 Å². The molecule has 0 radical (unpaired) electrons. The number of hydrogen-bond acceptors (Lipinski definition) is 4. The van der Waals surface area contributed by atoms with Crippen LogP contribution in [0.2, 0.25) is 5.02 Å². The van der Waals surface area contributed by atoms with E-state index in [9.17, 15) is 14.4 Å². The first kappa shape index (κ1) is 19.0. The highest BCUT2D eigenvalue weighted by molar-refractivity contribution is 6.31. The second-order valence-corrected chi connectivity index (χ2v) is 9.17. The molecule has 4 atom stereocenters. The third-order valence-electron chi connectivity index (χ3n) is 7.53. The number of carbonyl (C=O) groups is 3. The molecule has 3 saturated heterocycles. The number of amides is 3. The molecule has 6 nitrogen and oxygen atoms in total. The van der Waals surface area contributed by atoms with Crippen LogP contribution in [0.4, 0.5) is 11.4 Å². The van der Waals surface area contributed by atoms with Crippen molar-refractivity contribution in [1.82, 2.24) is 4.90 Å². The first-order valence-corrected chi connectivity index (χ1v) is 11.2. The van der Waals surface area contributed by atoms with Gasteiger partial charge in [0.15, 0.2) is 0 Å². The minimum absolute atomic E-state index is 0.0790. The van der Waals surface area contributed by atoms with Gasteiger partial charge >= 0.3 is 0 Å². The number of rotatable bonds is 2. The van der Waals surface area contributed by atoms with Gasteiger partial charge in [-0.1, -0.05) is 35.9 Å². The van der Waals surface area contributed by atoms with Crippen molar-refractivity contribution in [2.45, 2.75) is 31.3 Å². The largest absolute Gasteiger partial charge is 0.310 e. The zero-order valence-electron chi connectivity index (χ0n) is 17.1. The summed E-state index contributed by atoms with van der Waals surface area (Å²) in [5.41, 5.74) is 1.07. The standard InChI is InChI=1S/C24H22ClN3O3/c1-2-26-17-10-4-3-9-16(17)24(23(26)31)20-19(18-11-6-12-27(18)24)21(29)28(22(20)30)15-8-5-7-14(25)13-15/h3-5,7-10,13,18-20H,2,6,11-12H2,1H3/t18-,19+,20+,24+/m1/s1. The summed E-state index contributed by atoms with van der Waals surface area (Å²) in [6.07, 6.45) is 1.72. The Hall–Kier alpha value is -2.70. The topological polar surface area (TPSA) is 60.9 Å². The molecule has 4 heterocycles. The van der Waals surface area contributed by atoms with Crippen molar-refractivity contribution in [2.24, 2.45) is 11.8 Å². The average molecular weight is 436 g/mol. The quantitative estimate of drug-likeness (QED) is 0.680. The predicted octanol–water partition coefficient (Wildman–Crippen LogP) is 3.19. The fourth-order valence-corrected chi connectivity index (χ4v) is 6.71. The van der Waals surface area contributed by atoms with Crippen LogP contribution in [0, 0.1) is 11.8 Å². The zero-order chi connectivity index (χ0) is 21.5. The van der Waals surface area contributed by atoms with E-state index < -0.39 is 17.4 Å². The molecule has 3 fully saturated rings. The molecule has 158 valence electrons. The molecule has 0 N–H and O–H groups in total. The van der Waals surface area contributed by atoms with Crippen LogP contribution in [-0.2, 0) is 19.9 Å². The number of nitrogens with zero attached hydrogens (tertiary/aromatic N) is 3. The summed E-state index contributed by atoms with van der Waals surface area (Å²) in [7, 11) is 0. The lowest BCUT2D eigenvalue weighted by Crippen LogP contribution is -2.56. The summed E-state index contributed by atoms with van der Waals surface area (Å²) in [5, 5.41) is 0.465. The number of likely N-dealkylation sites (N-methyl/N-ethyl adjacent to an activating group) is 1. The van der Waals surface area contributed by atoms with Crippen LogP contribution in [0.1, 0.15) is 25.3 Å². The molecule has 7 heteroatoms. The molecule has 0 bridgehead atoms. The summed E-state index contributed by atoms with van der Waals surface area (Å²) >= 11 is 6.16. The van der Waals surface area contributed by atoms with Crippen molar-refractivity contribution >= 4 is 40.7 Å². The Balaban J connectivity index is 1.58. The van der Waals surface area contributed by atoms with E-state index in [-0.39, 0.29) is 23.8 Å². The monoisotopic (exact) mass is 435 g/mol. The Morgan fingerprint density at radius 1 is 1.06 bits per heavy atom. The van der Waals surface area contributed by atoms with Crippen molar-refractivity contribution in [2.75, 3.05) is 22.9 Å². The van der Waals surface area contributed by atoms with E-state index in [1.54, 1.807) is 29.2 Å². The van der Waals surface area contributed by atoms with Crippen LogP contribution in [0.3, 0.4) is 0 Å². The van der Waals surface area contributed by atoms with Gasteiger partial charge in [-0.2, -0.15) is 0 Å². The van der Waals surface area contributed by atoms with E-state index >= 15 is 0 Å². The van der Waals surface area contributed by atoms with Crippen LogP contribution in [0.15, 0.2) is 48.5 Å². The molecule has 1 spiro atoms. The number of fused-ring (bicyclic) bond motifs is 7. The lowest BCUT2D eigenvalue weighted by Gasteiger charge is -2.37. The normalized spacial score (nSPS) is 31.7. The van der Waals surface area contributed by atoms with Gasteiger partial charge in [-0.25, -0.2) is 4.90 Å². The first-order valence-electron chi connectivity index (χ1n) is 10.8. The van der Waals surface area contributed by atoms with Crippen LogP contribution < -0.4 is 9.80 Å². The molecule has 0 unspecified atom stereocenters. The SMILES string of the molecule is CCN1C(=O)[C@]2(c3ccccc31)[C@@H]1C(=O)N(c3cccc(Cl)c3)C(=O)[C@H]1[C@H]1CCCN12. The van der Waals surface area contributed by atoms with Crippen LogP contribution in [-0.4, -0.2) is 41.8 Å². The first-order chi connectivity index (χ1) is 15.0. The molecular formula is C24H22ClN3O3. The van der Waals surface area contributed by atoms with Crippen LogP contribution in [0.5, 0.6) is 0 Å². The van der Waals surface area contributed by atoms with Gasteiger partial charge < -0.3 is 4.90 Å². The molecule has 0 aliphatic carbocycles. The Labute approximate surface area is 185 Å². The molecule has 0 aromatic heterocycles. The number of benzene rings is 2. The van der Waals surface area contributed by atoms with E-state index in [0.717, 1.165) is 24.1 Å². The number of anilines is 2. The molecule has 3 amide bonds. The number of imide groups is 1. The van der Waals surface area contributed by atoms with Gasteiger partial charge in [0.1, 0.15) is 5.54 Å². The molecule has 2 aromatic rings. The Morgan fingerprint density at radius 3 is 2.65 bits per heavy atom. The Morgan fingerprint density at radius 2 is 1.87 bits per heavy atom. The highest BCUT2D eigenvalue weighted by atomic mass is 35.5. The van der Waals surface area contributed by atoms with Crippen LogP contribution >= 0.6 is 11.6 Å². The fourth-order valence-electron chi connectivity index (χ4n) is 6.52. The van der Waals surface area contributed by atoms with Gasteiger partial charge in [-0.15, -0.1) is 0 Å². The van der Waals surface area contributed by atoms with Crippen LogP contribution in [0.25, 0.3) is 0 Å². The van der Waals surface area contributed by atoms with Gasteiger partial charge in [-0.3, -0.25) is 19.3 Å². The number of carbonyl (C=O) groups excluding carboxylic acids is 3. The van der Waals surface area contributed by atoms with Crippen molar-refractivity contribution < 1.29 is 14.4 Å². The summed E-state index contributed by atoms with van der Waals surface area (Å²) in [6.45, 7) is 3.18. The molecule has 0 saturated carbocycles. The van der Waals surface area contributed by atoms with Crippen molar-refractivity contribution in [1.29, 1.82) is 0 Å². The molecule has 2 aromatic carbocycles. The highest BCUT2D eigenvalue weighted by Gasteiger charge is 2.75. The third kappa shape index (κ3) is 2.14. The lowest BCUT2D eigenvalue weighted by molar-refractivity contribution is -0.137. The van der Waals surface area contributed by atoms with Gasteiger partial charge in [-0.05, 0) is 50.6 Å².